The van der Waals surface area contributed by atoms with Gasteiger partial charge in [0.15, 0.2) is 11.4 Å². The number of carbonyl (C=O) groups excluding carboxylic acids is 2. The Kier molecular flexibility index (Phi) is 5.98. The average molecular weight is 436 g/mol. The molecule has 166 valence electrons. The van der Waals surface area contributed by atoms with E-state index in [2.05, 4.69) is 5.32 Å². The van der Waals surface area contributed by atoms with Crippen LogP contribution in [0, 0.1) is 5.82 Å². The predicted molar refractivity (Wildman–Crippen MR) is 107 cm³/mol. The number of pyridine rings is 1. The molecule has 1 aromatic carbocycles. The van der Waals surface area contributed by atoms with Crippen LogP contribution in [0.25, 0.3) is 0 Å². The van der Waals surface area contributed by atoms with Gasteiger partial charge in [-0.15, -0.1) is 0 Å². The largest absolute Gasteiger partial charge is 0.502 e. The van der Waals surface area contributed by atoms with Crippen LogP contribution in [0.1, 0.15) is 45.1 Å². The Morgan fingerprint density at radius 1 is 1.23 bits per heavy atom. The summed E-state index contributed by atoms with van der Waals surface area (Å²) < 4.78 is 23.8. The Bertz CT molecular complexity index is 1090. The number of hydrogen-bond acceptors (Lipinski definition) is 6. The molecule has 2 aliphatic rings. The van der Waals surface area contributed by atoms with Crippen molar-refractivity contribution in [3.63, 3.8) is 0 Å². The molecule has 9 nitrogen and oxygen atoms in total. The molecule has 3 N–H and O–H groups in total. The summed E-state index contributed by atoms with van der Waals surface area (Å²) in [6.07, 6.45) is -1.65. The topological polar surface area (TPSA) is 115 Å². The smallest absolute Gasteiger partial charge is 0.277 e. The highest BCUT2D eigenvalue weighted by Gasteiger charge is 2.45. The van der Waals surface area contributed by atoms with Crippen LogP contribution in [-0.4, -0.2) is 58.5 Å². The molecule has 31 heavy (non-hydrogen) atoms. The molecule has 1 aromatic heterocycles. The van der Waals surface area contributed by atoms with Crippen LogP contribution >= 0.6 is 0 Å². The molecule has 2 aromatic rings. The monoisotopic (exact) mass is 436 g/mol. The van der Waals surface area contributed by atoms with Crippen LogP contribution in [0.5, 0.6) is 5.75 Å². The SMILES string of the molecule is CC1N(C)C(=O)c2c(O)c(=O)c(C(=O)NCc3ccc(F)cc3)c3n2N1CC3O.CF. The second-order valence-corrected chi connectivity index (χ2v) is 7.09. The summed E-state index contributed by atoms with van der Waals surface area (Å²) in [5, 5.41) is 25.1. The average Bonchev–Trinajstić information content (AvgIpc) is 3.10. The molecule has 2 unspecified atom stereocenters. The van der Waals surface area contributed by atoms with Crippen LogP contribution in [-0.2, 0) is 6.54 Å². The molecule has 4 rings (SSSR count). The van der Waals surface area contributed by atoms with Crippen molar-refractivity contribution in [2.24, 2.45) is 0 Å². The number of aliphatic hydroxyl groups is 1. The minimum Gasteiger partial charge on any atom is -0.502 e. The minimum atomic E-state index is -1.20. The van der Waals surface area contributed by atoms with Crippen molar-refractivity contribution in [3.05, 3.63) is 62.8 Å². The van der Waals surface area contributed by atoms with Crippen LogP contribution < -0.4 is 15.8 Å². The van der Waals surface area contributed by atoms with E-state index in [0.717, 1.165) is 0 Å². The Labute approximate surface area is 176 Å². The minimum absolute atomic E-state index is 0.0123. The quantitative estimate of drug-likeness (QED) is 0.650. The predicted octanol–water partition coefficient (Wildman–Crippen LogP) is 0.625. The van der Waals surface area contributed by atoms with Gasteiger partial charge in [-0.1, -0.05) is 12.1 Å². The van der Waals surface area contributed by atoms with Gasteiger partial charge in [0.1, 0.15) is 23.7 Å². The van der Waals surface area contributed by atoms with E-state index >= 15 is 0 Å². The Hall–Kier alpha value is -3.47. The normalized spacial score (nSPS) is 19.0. The summed E-state index contributed by atoms with van der Waals surface area (Å²) in [6.45, 7) is 1.79. The van der Waals surface area contributed by atoms with Gasteiger partial charge in [-0.2, -0.15) is 0 Å². The molecule has 0 saturated carbocycles. The van der Waals surface area contributed by atoms with Crippen molar-refractivity contribution in [2.75, 3.05) is 25.8 Å². The fourth-order valence-electron chi connectivity index (χ4n) is 3.73. The molecule has 0 bridgehead atoms. The van der Waals surface area contributed by atoms with Crippen molar-refractivity contribution < 1.29 is 28.6 Å². The number of nitrogens with zero attached hydrogens (tertiary/aromatic N) is 3. The summed E-state index contributed by atoms with van der Waals surface area (Å²) in [5.41, 5.74) is -1.16. The van der Waals surface area contributed by atoms with E-state index in [1.807, 2.05) is 0 Å². The van der Waals surface area contributed by atoms with Gasteiger partial charge in [0.05, 0.1) is 19.4 Å². The number of benzene rings is 1. The number of amides is 2. The highest BCUT2D eigenvalue weighted by molar-refractivity contribution is 6.00. The van der Waals surface area contributed by atoms with Gasteiger partial charge < -0.3 is 20.4 Å². The first-order valence-corrected chi connectivity index (χ1v) is 9.36. The Morgan fingerprint density at radius 3 is 2.45 bits per heavy atom. The van der Waals surface area contributed by atoms with Crippen molar-refractivity contribution in [2.45, 2.75) is 25.7 Å². The van der Waals surface area contributed by atoms with Crippen LogP contribution in [0.3, 0.4) is 0 Å². The number of aromatic hydroxyl groups is 1. The number of rotatable bonds is 3. The molecular formula is C20H22F2N4O5. The molecule has 2 aliphatic heterocycles. The number of aromatic nitrogens is 1. The van der Waals surface area contributed by atoms with Crippen molar-refractivity contribution in [1.82, 2.24) is 14.9 Å². The van der Waals surface area contributed by atoms with Gasteiger partial charge in [0.25, 0.3) is 11.8 Å². The number of hydrogen-bond donors (Lipinski definition) is 3. The molecule has 3 heterocycles. The van der Waals surface area contributed by atoms with Gasteiger partial charge in [0.2, 0.25) is 5.43 Å². The molecule has 0 fully saturated rings. The summed E-state index contributed by atoms with van der Waals surface area (Å²) >= 11 is 0. The van der Waals surface area contributed by atoms with E-state index in [1.54, 1.807) is 11.9 Å². The van der Waals surface area contributed by atoms with Crippen LogP contribution in [0.2, 0.25) is 0 Å². The van der Waals surface area contributed by atoms with Crippen LogP contribution in [0.15, 0.2) is 29.1 Å². The fourth-order valence-corrected chi connectivity index (χ4v) is 3.73. The molecule has 0 saturated heterocycles. The van der Waals surface area contributed by atoms with E-state index in [4.69, 9.17) is 0 Å². The van der Waals surface area contributed by atoms with E-state index in [1.165, 1.54) is 40.9 Å². The molecule has 11 heteroatoms. The van der Waals surface area contributed by atoms with E-state index in [-0.39, 0.29) is 24.5 Å². The second kappa shape index (κ2) is 8.34. The number of carbonyl (C=O) groups is 2. The van der Waals surface area contributed by atoms with Gasteiger partial charge >= 0.3 is 0 Å². The molecule has 0 aliphatic carbocycles. The maximum Gasteiger partial charge on any atom is 0.277 e. The molecule has 0 radical (unpaired) electrons. The van der Waals surface area contributed by atoms with Crippen LogP contribution in [0.4, 0.5) is 8.78 Å². The maximum absolute atomic E-state index is 13.0. The van der Waals surface area contributed by atoms with Gasteiger partial charge in [-0.3, -0.25) is 23.8 Å². The number of nitrogens with one attached hydrogen (secondary N) is 1. The number of alkyl halides is 1. The first-order chi connectivity index (χ1) is 14.7. The maximum atomic E-state index is 13.0. The van der Waals surface area contributed by atoms with Gasteiger partial charge in [-0.05, 0) is 24.6 Å². The fraction of sp³-hybridized carbons (Fsp3) is 0.350. The van der Waals surface area contributed by atoms with Crippen molar-refractivity contribution in [3.8, 4) is 5.75 Å². The lowest BCUT2D eigenvalue weighted by molar-refractivity contribution is 0.0655. The Morgan fingerprint density at radius 2 is 1.84 bits per heavy atom. The number of halogens is 2. The van der Waals surface area contributed by atoms with Crippen molar-refractivity contribution in [1.29, 1.82) is 0 Å². The molecular weight excluding hydrogens is 414 g/mol. The summed E-state index contributed by atoms with van der Waals surface area (Å²) in [4.78, 5) is 39.5. The second-order valence-electron chi connectivity index (χ2n) is 7.09. The third kappa shape index (κ3) is 3.50. The van der Waals surface area contributed by atoms with Gasteiger partial charge in [-0.25, -0.2) is 9.07 Å². The molecule has 0 spiro atoms. The lowest BCUT2D eigenvalue weighted by atomic mass is 10.1. The standard InChI is InChI=1S/C19H19FN4O5.CH3F/c1-9-22(2)19(29)15-17(27)16(26)13(14-12(25)8-23(9)24(14)15)18(28)21-7-10-3-5-11(20)6-4-10;1-2/h3-6,9,12,25,27H,7-8H2,1-2H3,(H,21,28);1H3. The summed E-state index contributed by atoms with van der Waals surface area (Å²) in [5.74, 6) is -2.65. The molecule has 2 amide bonds. The molecule has 2 atom stereocenters. The third-order valence-corrected chi connectivity index (χ3v) is 5.40. The lowest BCUT2D eigenvalue weighted by Gasteiger charge is -2.41. The van der Waals surface area contributed by atoms with E-state index in [0.29, 0.717) is 12.7 Å². The van der Waals surface area contributed by atoms with Crippen molar-refractivity contribution >= 4 is 11.8 Å². The zero-order valence-corrected chi connectivity index (χ0v) is 17.1. The van der Waals surface area contributed by atoms with E-state index < -0.39 is 46.6 Å². The van der Waals surface area contributed by atoms with Gasteiger partial charge in [0, 0.05) is 13.6 Å². The third-order valence-electron chi connectivity index (χ3n) is 5.40. The Balaban J connectivity index is 0.00000132. The summed E-state index contributed by atoms with van der Waals surface area (Å²) in [6, 6.07) is 5.45. The highest BCUT2D eigenvalue weighted by atomic mass is 19.1. The zero-order chi connectivity index (χ0) is 23.0. The first-order valence-electron chi connectivity index (χ1n) is 9.36. The number of aliphatic hydroxyl groups excluding tert-OH is 1. The zero-order valence-electron chi connectivity index (χ0n) is 17.1. The highest BCUT2D eigenvalue weighted by Crippen LogP contribution is 2.34. The summed E-state index contributed by atoms with van der Waals surface area (Å²) in [7, 11) is 2.02. The lowest BCUT2D eigenvalue weighted by Crippen LogP contribution is -2.57. The first kappa shape index (κ1) is 22.2. The van der Waals surface area contributed by atoms with E-state index in [9.17, 15) is 33.4 Å².